The number of carbonyl (C=O) groups excluding carboxylic acids is 2. The van der Waals surface area contributed by atoms with Crippen LogP contribution in [0.1, 0.15) is 444 Å². The summed E-state index contributed by atoms with van der Waals surface area (Å²) < 4.78 is 5.51. The first-order valence-electron chi connectivity index (χ1n) is 39.8. The number of hydrogen-bond donors (Lipinski definition) is 3. The van der Waals surface area contributed by atoms with Crippen LogP contribution in [0.3, 0.4) is 0 Å². The molecule has 0 aliphatic heterocycles. The highest BCUT2D eigenvalue weighted by atomic mass is 16.5. The van der Waals surface area contributed by atoms with Crippen molar-refractivity contribution in [2.45, 2.75) is 456 Å². The Hall–Kier alpha value is -1.92. The lowest BCUT2D eigenvalue weighted by molar-refractivity contribution is -0.143. The molecule has 0 aliphatic rings. The van der Waals surface area contributed by atoms with Gasteiger partial charge in [-0.15, -0.1) is 0 Å². The third-order valence-corrected chi connectivity index (χ3v) is 18.7. The molecule has 6 heteroatoms. The number of esters is 1. The minimum atomic E-state index is -0.843. The van der Waals surface area contributed by atoms with E-state index in [0.717, 1.165) is 44.9 Å². The highest BCUT2D eigenvalue weighted by Crippen LogP contribution is 2.20. The summed E-state index contributed by atoms with van der Waals surface area (Å²) in [4.78, 5) is 24.6. The minimum Gasteiger partial charge on any atom is -0.466 e. The first-order chi connectivity index (χ1) is 43.0. The Morgan fingerprint density at radius 2 is 0.575 bits per heavy atom. The lowest BCUT2D eigenvalue weighted by Gasteiger charge is -2.20. The summed E-state index contributed by atoms with van der Waals surface area (Å²) >= 11 is 0. The summed E-state index contributed by atoms with van der Waals surface area (Å²) in [6.45, 7) is 4.95. The summed E-state index contributed by atoms with van der Waals surface area (Å²) in [6.07, 6.45) is 99.9. The van der Waals surface area contributed by atoms with Crippen molar-refractivity contribution in [2.24, 2.45) is 0 Å². The molecule has 0 fully saturated rings. The van der Waals surface area contributed by atoms with Gasteiger partial charge in [0.15, 0.2) is 0 Å². The Morgan fingerprint density at radius 3 is 0.874 bits per heavy atom. The molecular weight excluding hydrogens is 1070 g/mol. The molecule has 0 bridgehead atoms. The van der Waals surface area contributed by atoms with Gasteiger partial charge in [0.05, 0.1) is 25.4 Å². The molecular formula is C81H155NO5. The van der Waals surface area contributed by atoms with E-state index in [0.29, 0.717) is 19.4 Å². The van der Waals surface area contributed by atoms with Crippen LogP contribution in [0.4, 0.5) is 0 Å². The van der Waals surface area contributed by atoms with Crippen LogP contribution >= 0.6 is 0 Å². The number of nitrogens with one attached hydrogen (secondary N) is 1. The molecule has 2 atom stereocenters. The molecule has 0 rings (SSSR count). The van der Waals surface area contributed by atoms with E-state index in [4.69, 9.17) is 4.74 Å². The number of amides is 1. The van der Waals surface area contributed by atoms with Crippen LogP contribution in [0.25, 0.3) is 0 Å². The van der Waals surface area contributed by atoms with Crippen molar-refractivity contribution < 1.29 is 24.5 Å². The van der Waals surface area contributed by atoms with E-state index in [2.05, 4.69) is 43.5 Å². The highest BCUT2D eigenvalue weighted by molar-refractivity contribution is 5.76. The Kier molecular flexibility index (Phi) is 74.8. The smallest absolute Gasteiger partial charge is 0.305 e. The fourth-order valence-corrected chi connectivity index (χ4v) is 12.6. The molecule has 514 valence electrons. The van der Waals surface area contributed by atoms with Gasteiger partial charge in [-0.3, -0.25) is 9.59 Å². The van der Waals surface area contributed by atoms with Gasteiger partial charge in [0.2, 0.25) is 5.91 Å². The molecule has 6 nitrogen and oxygen atoms in total. The zero-order chi connectivity index (χ0) is 62.8. The number of rotatable bonds is 75. The summed E-state index contributed by atoms with van der Waals surface area (Å²) in [5, 5.41) is 23.2. The maximum Gasteiger partial charge on any atom is 0.305 e. The number of aliphatic hydroxyl groups is 2. The van der Waals surface area contributed by atoms with Gasteiger partial charge in [-0.05, 0) is 64.2 Å². The second kappa shape index (κ2) is 76.5. The van der Waals surface area contributed by atoms with E-state index in [-0.39, 0.29) is 18.5 Å². The first kappa shape index (κ1) is 85.1. The van der Waals surface area contributed by atoms with Crippen LogP contribution < -0.4 is 5.32 Å². The molecule has 0 saturated carbocycles. The first-order valence-corrected chi connectivity index (χ1v) is 39.8. The maximum atomic E-state index is 12.5. The lowest BCUT2D eigenvalue weighted by Crippen LogP contribution is -2.45. The fourth-order valence-electron chi connectivity index (χ4n) is 12.6. The zero-order valence-corrected chi connectivity index (χ0v) is 59.0. The van der Waals surface area contributed by atoms with Gasteiger partial charge in [0.25, 0.3) is 0 Å². The zero-order valence-electron chi connectivity index (χ0n) is 59.0. The van der Waals surface area contributed by atoms with Crippen LogP contribution in [0, 0.1) is 0 Å². The molecule has 0 heterocycles. The van der Waals surface area contributed by atoms with E-state index < -0.39 is 12.1 Å². The van der Waals surface area contributed by atoms with Crippen molar-refractivity contribution in [3.8, 4) is 0 Å². The fraction of sp³-hybridized carbons (Fsp3) is 0.901. The third kappa shape index (κ3) is 73.0. The topological polar surface area (TPSA) is 95.9 Å². The van der Waals surface area contributed by atoms with Crippen LogP contribution in [0.2, 0.25) is 0 Å². The molecule has 0 aliphatic carbocycles. The average Bonchev–Trinajstić information content (AvgIpc) is 3.58. The number of aliphatic hydroxyl groups excluding tert-OH is 2. The SMILES string of the molecule is CCCCCCCCCCCCCCCC/C=C/C(O)C(CO)NC(=O)CCCCCCCCCCCCCCCCCCC/C=C\C/C=C\CCCCCCCCCCCCCCCOC(=O)CCCCCCCCCCCCCCCCCCC. The van der Waals surface area contributed by atoms with Gasteiger partial charge in [-0.1, -0.05) is 403 Å². The number of hydrogen-bond acceptors (Lipinski definition) is 5. The van der Waals surface area contributed by atoms with E-state index in [1.54, 1.807) is 6.08 Å². The van der Waals surface area contributed by atoms with Gasteiger partial charge in [-0.2, -0.15) is 0 Å². The van der Waals surface area contributed by atoms with Gasteiger partial charge in [0.1, 0.15) is 0 Å². The van der Waals surface area contributed by atoms with Gasteiger partial charge >= 0.3 is 5.97 Å². The largest absolute Gasteiger partial charge is 0.466 e. The van der Waals surface area contributed by atoms with Crippen LogP contribution in [0.5, 0.6) is 0 Å². The van der Waals surface area contributed by atoms with Crippen molar-refractivity contribution in [3.63, 3.8) is 0 Å². The quantitative estimate of drug-likeness (QED) is 0.0320. The molecule has 2 unspecified atom stereocenters. The number of ether oxygens (including phenoxy) is 1. The third-order valence-electron chi connectivity index (χ3n) is 18.7. The Morgan fingerprint density at radius 1 is 0.322 bits per heavy atom. The summed E-state index contributed by atoms with van der Waals surface area (Å²) in [7, 11) is 0. The van der Waals surface area contributed by atoms with Crippen molar-refractivity contribution in [3.05, 3.63) is 36.5 Å². The number of unbranched alkanes of at least 4 members (excludes halogenated alkanes) is 60. The number of allylic oxidation sites excluding steroid dienone is 5. The van der Waals surface area contributed by atoms with E-state index in [9.17, 15) is 19.8 Å². The van der Waals surface area contributed by atoms with E-state index >= 15 is 0 Å². The Balaban J connectivity index is 3.36. The minimum absolute atomic E-state index is 0.0233. The normalized spacial score (nSPS) is 12.6. The van der Waals surface area contributed by atoms with Crippen LogP contribution in [-0.4, -0.2) is 47.4 Å². The van der Waals surface area contributed by atoms with Gasteiger partial charge in [0, 0.05) is 12.8 Å². The van der Waals surface area contributed by atoms with Crippen molar-refractivity contribution in [1.29, 1.82) is 0 Å². The second-order valence-electron chi connectivity index (χ2n) is 27.4. The molecule has 0 aromatic rings. The Bertz CT molecular complexity index is 1410. The molecule has 0 aromatic heterocycles. The molecule has 3 N–H and O–H groups in total. The molecule has 0 radical (unpaired) electrons. The monoisotopic (exact) mass is 1220 g/mol. The van der Waals surface area contributed by atoms with Crippen LogP contribution in [0.15, 0.2) is 36.5 Å². The van der Waals surface area contributed by atoms with Crippen LogP contribution in [-0.2, 0) is 14.3 Å². The standard InChI is InChI=1S/C81H155NO5/c1-3-5-7-9-11-13-15-17-19-42-47-51-55-59-63-67-71-75-81(86)87-76-72-68-64-60-56-52-48-44-41-39-37-35-33-31-29-27-25-23-21-22-24-26-28-30-32-34-36-38-40-43-46-50-54-58-62-66-70-74-80(85)82-78(77-83)79(84)73-69-65-61-57-53-49-45-20-18-16-14-12-10-8-6-4-2/h21,23,27,29,69,73,78-79,83-84H,3-20,22,24-26,28,30-68,70-72,74-77H2,1-2H3,(H,82,85)/b23-21-,29-27-,73-69+. The van der Waals surface area contributed by atoms with E-state index in [1.807, 2.05) is 6.08 Å². The number of carbonyl (C=O) groups is 2. The van der Waals surface area contributed by atoms with Crippen molar-refractivity contribution in [1.82, 2.24) is 5.32 Å². The average molecular weight is 1220 g/mol. The van der Waals surface area contributed by atoms with Crippen molar-refractivity contribution in [2.75, 3.05) is 13.2 Å². The maximum absolute atomic E-state index is 12.5. The predicted octanol–water partition coefficient (Wildman–Crippen LogP) is 26.2. The molecule has 0 spiro atoms. The highest BCUT2D eigenvalue weighted by Gasteiger charge is 2.18. The second-order valence-corrected chi connectivity index (χ2v) is 27.4. The summed E-state index contributed by atoms with van der Waals surface area (Å²) in [6, 6.07) is -0.626. The summed E-state index contributed by atoms with van der Waals surface area (Å²) in [5.41, 5.74) is 0. The van der Waals surface area contributed by atoms with Gasteiger partial charge < -0.3 is 20.3 Å². The Labute approximate surface area is 544 Å². The van der Waals surface area contributed by atoms with E-state index in [1.165, 1.54) is 372 Å². The van der Waals surface area contributed by atoms with Gasteiger partial charge in [-0.25, -0.2) is 0 Å². The molecule has 0 saturated heterocycles. The summed E-state index contributed by atoms with van der Waals surface area (Å²) in [5.74, 6) is -0.0389. The van der Waals surface area contributed by atoms with Crippen molar-refractivity contribution >= 4 is 11.9 Å². The predicted molar refractivity (Wildman–Crippen MR) is 384 cm³/mol. The molecule has 1 amide bonds. The lowest BCUT2D eigenvalue weighted by atomic mass is 10.0. The molecule has 0 aromatic carbocycles. The molecule has 87 heavy (non-hydrogen) atoms.